The van der Waals surface area contributed by atoms with E-state index in [1.54, 1.807) is 0 Å². The van der Waals surface area contributed by atoms with E-state index in [-0.39, 0.29) is 0 Å². The molecule has 2 heteroatoms. The van der Waals surface area contributed by atoms with Crippen molar-refractivity contribution in [2.24, 2.45) is 0 Å². The number of hydrogen-bond donors (Lipinski definition) is 0. The lowest BCUT2D eigenvalue weighted by Crippen LogP contribution is -2.13. The molecule has 0 N–H and O–H groups in total. The Hall–Kier alpha value is -0.790. The molecule has 0 radical (unpaired) electrons. The van der Waals surface area contributed by atoms with Crippen molar-refractivity contribution in [1.29, 1.82) is 0 Å². The Morgan fingerprint density at radius 3 is 0.887 bits per heavy atom. The predicted molar refractivity (Wildman–Crippen MR) is 241 cm³/mol. The monoisotopic (exact) mass is 741 g/mol. The Balaban J connectivity index is 2.29. The lowest BCUT2D eigenvalue weighted by atomic mass is 9.92. The van der Waals surface area contributed by atoms with Crippen molar-refractivity contribution in [3.05, 3.63) is 18.2 Å². The average molecular weight is 741 g/mol. The number of hydrogen-bond acceptors (Lipinski definition) is 1. The maximum Gasteiger partial charge on any atom is 0.111 e. The molecule has 0 aliphatic carbocycles. The van der Waals surface area contributed by atoms with Gasteiger partial charge in [-0.2, -0.15) is 0 Å². The van der Waals surface area contributed by atoms with Crippen LogP contribution < -0.4 is 0 Å². The fraction of sp³-hybridized carbons (Fsp3) is 0.941. The number of nitrogens with zero attached hydrogens (tertiary/aromatic N) is 2. The van der Waals surface area contributed by atoms with Gasteiger partial charge in [0.2, 0.25) is 0 Å². The first-order valence-corrected chi connectivity index (χ1v) is 25.3. The summed E-state index contributed by atoms with van der Waals surface area (Å²) in [5.74, 6) is 2.07. The van der Waals surface area contributed by atoms with Gasteiger partial charge in [0.15, 0.2) is 0 Å². The molecule has 53 heavy (non-hydrogen) atoms. The summed E-state index contributed by atoms with van der Waals surface area (Å²) in [6, 6.07) is 0.585. The molecule has 1 heterocycles. The second-order valence-corrected chi connectivity index (χ2v) is 17.8. The SMILES string of the molecule is CCCCCCCCCCCCCCCCCCC(CCCCCCCCCC)c1nccn1C(C)CCCCCCCCCCCCCCCCC. The van der Waals surface area contributed by atoms with Crippen molar-refractivity contribution in [2.45, 2.75) is 309 Å². The van der Waals surface area contributed by atoms with Gasteiger partial charge in [-0.3, -0.25) is 0 Å². The summed E-state index contributed by atoms with van der Waals surface area (Å²) >= 11 is 0. The van der Waals surface area contributed by atoms with Crippen LogP contribution in [-0.2, 0) is 0 Å². The summed E-state index contributed by atoms with van der Waals surface area (Å²) in [5, 5.41) is 0. The minimum absolute atomic E-state index is 0.585. The first-order chi connectivity index (χ1) is 26.2. The molecule has 0 spiro atoms. The van der Waals surface area contributed by atoms with Crippen LogP contribution in [0, 0.1) is 0 Å². The predicted octanol–water partition coefficient (Wildman–Crippen LogP) is 19.0. The summed E-state index contributed by atoms with van der Waals surface area (Å²) < 4.78 is 2.60. The lowest BCUT2D eigenvalue weighted by molar-refractivity contribution is 0.412. The van der Waals surface area contributed by atoms with Crippen LogP contribution >= 0.6 is 0 Å². The minimum atomic E-state index is 0.585. The second kappa shape index (κ2) is 40.9. The first kappa shape index (κ1) is 50.2. The van der Waals surface area contributed by atoms with Crippen LogP contribution in [0.2, 0.25) is 0 Å². The van der Waals surface area contributed by atoms with Crippen molar-refractivity contribution in [2.75, 3.05) is 0 Å². The third-order valence-corrected chi connectivity index (χ3v) is 12.6. The maximum atomic E-state index is 5.06. The molecule has 2 atom stereocenters. The van der Waals surface area contributed by atoms with E-state index in [0.29, 0.717) is 12.0 Å². The third kappa shape index (κ3) is 32.0. The van der Waals surface area contributed by atoms with Crippen LogP contribution in [0.25, 0.3) is 0 Å². The molecule has 2 nitrogen and oxygen atoms in total. The van der Waals surface area contributed by atoms with Gasteiger partial charge in [-0.1, -0.05) is 271 Å². The second-order valence-electron chi connectivity index (χ2n) is 17.8. The van der Waals surface area contributed by atoms with Gasteiger partial charge in [0.1, 0.15) is 5.82 Å². The van der Waals surface area contributed by atoms with E-state index in [0.717, 1.165) is 0 Å². The van der Waals surface area contributed by atoms with Crippen LogP contribution in [0.15, 0.2) is 12.4 Å². The first-order valence-electron chi connectivity index (χ1n) is 25.3. The Bertz CT molecular complexity index is 813. The van der Waals surface area contributed by atoms with Crippen LogP contribution in [0.4, 0.5) is 0 Å². The Morgan fingerprint density at radius 1 is 0.358 bits per heavy atom. The summed E-state index contributed by atoms with van der Waals surface area (Å²) in [6.07, 6.45) is 64.6. The van der Waals surface area contributed by atoms with E-state index in [9.17, 15) is 0 Å². The van der Waals surface area contributed by atoms with E-state index in [4.69, 9.17) is 4.98 Å². The molecule has 0 saturated heterocycles. The van der Waals surface area contributed by atoms with E-state index in [1.807, 2.05) is 0 Å². The van der Waals surface area contributed by atoms with Gasteiger partial charge in [-0.15, -0.1) is 0 Å². The highest BCUT2D eigenvalue weighted by molar-refractivity contribution is 5.02. The summed E-state index contributed by atoms with van der Waals surface area (Å²) in [7, 11) is 0. The molecular formula is C51H100N2. The highest BCUT2D eigenvalue weighted by Crippen LogP contribution is 2.31. The average Bonchev–Trinajstić information content (AvgIpc) is 3.66. The van der Waals surface area contributed by atoms with Gasteiger partial charge >= 0.3 is 0 Å². The van der Waals surface area contributed by atoms with Crippen LogP contribution in [0.3, 0.4) is 0 Å². The van der Waals surface area contributed by atoms with Gasteiger partial charge in [0, 0.05) is 24.4 Å². The van der Waals surface area contributed by atoms with Crippen LogP contribution in [0.1, 0.15) is 315 Å². The Labute approximate surface area is 336 Å². The molecule has 314 valence electrons. The van der Waals surface area contributed by atoms with Crippen molar-refractivity contribution >= 4 is 0 Å². The van der Waals surface area contributed by atoms with Gasteiger partial charge in [-0.25, -0.2) is 4.98 Å². The fourth-order valence-electron chi connectivity index (χ4n) is 8.83. The summed E-state index contributed by atoms with van der Waals surface area (Å²) in [5.41, 5.74) is 0. The third-order valence-electron chi connectivity index (χ3n) is 12.6. The largest absolute Gasteiger partial charge is 0.332 e. The molecule has 2 unspecified atom stereocenters. The summed E-state index contributed by atoms with van der Waals surface area (Å²) in [6.45, 7) is 9.42. The van der Waals surface area contributed by atoms with Gasteiger partial charge in [-0.05, 0) is 26.2 Å². The molecule has 0 bridgehead atoms. The van der Waals surface area contributed by atoms with E-state index in [1.165, 1.54) is 275 Å². The number of imidazole rings is 1. The molecule has 1 rings (SSSR count). The van der Waals surface area contributed by atoms with E-state index < -0.39 is 0 Å². The van der Waals surface area contributed by atoms with Crippen molar-refractivity contribution in [1.82, 2.24) is 9.55 Å². The zero-order chi connectivity index (χ0) is 38.1. The Kier molecular flexibility index (Phi) is 38.7. The topological polar surface area (TPSA) is 17.8 Å². The lowest BCUT2D eigenvalue weighted by Gasteiger charge is -2.22. The molecule has 0 aromatic carbocycles. The fourth-order valence-corrected chi connectivity index (χ4v) is 8.83. The number of rotatable bonds is 44. The van der Waals surface area contributed by atoms with Gasteiger partial charge in [0.25, 0.3) is 0 Å². The normalized spacial score (nSPS) is 12.9. The molecule has 0 aliphatic heterocycles. The quantitative estimate of drug-likeness (QED) is 0.0609. The standard InChI is InChI=1S/C51H100N2/c1-5-8-11-14-17-20-22-24-26-28-30-32-34-37-40-43-46-50(45-42-39-36-19-16-13-10-7-3)51-52-47-48-53(51)49(4)44-41-38-35-33-31-29-27-25-23-21-18-15-12-9-6-2/h47-50H,5-46H2,1-4H3. The Morgan fingerprint density at radius 2 is 0.604 bits per heavy atom. The molecule has 1 aromatic heterocycles. The van der Waals surface area contributed by atoms with Gasteiger partial charge in [0.05, 0.1) is 0 Å². The van der Waals surface area contributed by atoms with Crippen LogP contribution in [-0.4, -0.2) is 9.55 Å². The highest BCUT2D eigenvalue weighted by atomic mass is 15.1. The molecular weight excluding hydrogens is 641 g/mol. The zero-order valence-electron chi connectivity index (χ0n) is 37.4. The van der Waals surface area contributed by atoms with E-state index in [2.05, 4.69) is 44.7 Å². The van der Waals surface area contributed by atoms with Gasteiger partial charge < -0.3 is 4.57 Å². The smallest absolute Gasteiger partial charge is 0.111 e. The highest BCUT2D eigenvalue weighted by Gasteiger charge is 2.19. The summed E-state index contributed by atoms with van der Waals surface area (Å²) in [4.78, 5) is 5.06. The van der Waals surface area contributed by atoms with E-state index >= 15 is 0 Å². The molecule has 0 fully saturated rings. The molecule has 0 amide bonds. The van der Waals surface area contributed by atoms with Crippen molar-refractivity contribution in [3.63, 3.8) is 0 Å². The van der Waals surface area contributed by atoms with Crippen molar-refractivity contribution in [3.8, 4) is 0 Å². The van der Waals surface area contributed by atoms with Crippen LogP contribution in [0.5, 0.6) is 0 Å². The molecule has 1 aromatic rings. The molecule has 0 aliphatic rings. The molecule has 0 saturated carbocycles. The minimum Gasteiger partial charge on any atom is -0.332 e. The number of unbranched alkanes of at least 4 members (excludes halogenated alkanes) is 36. The zero-order valence-corrected chi connectivity index (χ0v) is 37.4. The number of aromatic nitrogens is 2. The van der Waals surface area contributed by atoms with Crippen molar-refractivity contribution < 1.29 is 0 Å². The maximum absolute atomic E-state index is 5.06.